The first kappa shape index (κ1) is 12.3. The Labute approximate surface area is 115 Å². The molecule has 1 N–H and O–H groups in total. The molecule has 0 saturated heterocycles. The monoisotopic (exact) mass is 266 g/mol. The number of fused-ring (bicyclic) bond motifs is 1. The van der Waals surface area contributed by atoms with Crippen molar-refractivity contribution in [3.63, 3.8) is 0 Å². The van der Waals surface area contributed by atoms with Crippen LogP contribution in [0.1, 0.15) is 0 Å². The van der Waals surface area contributed by atoms with E-state index in [1.807, 2.05) is 24.3 Å². The first-order valence-electron chi connectivity index (χ1n) is 6.11. The van der Waals surface area contributed by atoms with Gasteiger partial charge < -0.3 is 5.11 Å². The van der Waals surface area contributed by atoms with Gasteiger partial charge in [-0.1, -0.05) is 30.3 Å². The van der Waals surface area contributed by atoms with Gasteiger partial charge in [0.1, 0.15) is 11.6 Å². The molecule has 4 heteroatoms. The van der Waals surface area contributed by atoms with Gasteiger partial charge in [-0.25, -0.2) is 4.39 Å². The Morgan fingerprint density at radius 1 is 0.850 bits per heavy atom. The van der Waals surface area contributed by atoms with E-state index in [2.05, 4.69) is 10.2 Å². The number of azo groups is 1. The topological polar surface area (TPSA) is 45.0 Å². The molecule has 0 aliphatic heterocycles. The molecule has 0 saturated carbocycles. The van der Waals surface area contributed by atoms with Gasteiger partial charge in [-0.2, -0.15) is 5.11 Å². The Bertz CT molecular complexity index is 799. The summed E-state index contributed by atoms with van der Waals surface area (Å²) in [5.41, 5.74) is 0.974. The molecular formula is C16H11FN2O. The molecule has 0 unspecified atom stereocenters. The van der Waals surface area contributed by atoms with Gasteiger partial charge in [0.2, 0.25) is 0 Å². The normalized spacial score (nSPS) is 11.2. The van der Waals surface area contributed by atoms with Crippen molar-refractivity contribution in [3.05, 3.63) is 66.5 Å². The van der Waals surface area contributed by atoms with Crippen LogP contribution < -0.4 is 0 Å². The summed E-state index contributed by atoms with van der Waals surface area (Å²) in [5, 5.41) is 19.6. The lowest BCUT2D eigenvalue weighted by atomic mass is 10.1. The second-order valence-corrected chi connectivity index (χ2v) is 4.37. The fourth-order valence-corrected chi connectivity index (χ4v) is 2.01. The standard InChI is InChI=1S/C16H11FN2O/c17-12-5-3-6-13(9-12)18-19-16-10-14(20)8-11-4-1-2-7-15(11)16/h1-10,20H. The average molecular weight is 266 g/mol. The summed E-state index contributed by atoms with van der Waals surface area (Å²) < 4.78 is 13.1. The van der Waals surface area contributed by atoms with Crippen LogP contribution in [-0.2, 0) is 0 Å². The summed E-state index contributed by atoms with van der Waals surface area (Å²) in [6.07, 6.45) is 0. The van der Waals surface area contributed by atoms with Gasteiger partial charge in [0.15, 0.2) is 0 Å². The van der Waals surface area contributed by atoms with E-state index in [9.17, 15) is 9.50 Å². The molecule has 98 valence electrons. The van der Waals surface area contributed by atoms with Crippen molar-refractivity contribution in [2.24, 2.45) is 10.2 Å². The third-order valence-electron chi connectivity index (χ3n) is 2.91. The maximum Gasteiger partial charge on any atom is 0.125 e. The molecule has 0 spiro atoms. The summed E-state index contributed by atoms with van der Waals surface area (Å²) >= 11 is 0. The number of nitrogens with zero attached hydrogens (tertiary/aromatic N) is 2. The van der Waals surface area contributed by atoms with Crippen LogP contribution in [-0.4, -0.2) is 5.11 Å². The second kappa shape index (κ2) is 5.09. The summed E-state index contributed by atoms with van der Waals surface area (Å²) in [7, 11) is 0. The predicted octanol–water partition coefficient (Wildman–Crippen LogP) is 5.10. The molecule has 3 aromatic carbocycles. The fraction of sp³-hybridized carbons (Fsp3) is 0. The predicted molar refractivity (Wildman–Crippen MR) is 76.2 cm³/mol. The minimum atomic E-state index is -0.359. The highest BCUT2D eigenvalue weighted by Crippen LogP contribution is 2.31. The van der Waals surface area contributed by atoms with Crippen LogP contribution in [0.2, 0.25) is 0 Å². The van der Waals surface area contributed by atoms with Gasteiger partial charge in [0, 0.05) is 17.5 Å². The number of phenols is 1. The minimum Gasteiger partial charge on any atom is -0.508 e. The highest BCUT2D eigenvalue weighted by atomic mass is 19.1. The van der Waals surface area contributed by atoms with Crippen LogP contribution in [0.4, 0.5) is 15.8 Å². The zero-order valence-electron chi connectivity index (χ0n) is 10.5. The van der Waals surface area contributed by atoms with Gasteiger partial charge in [0.05, 0.1) is 11.4 Å². The van der Waals surface area contributed by atoms with Crippen molar-refractivity contribution < 1.29 is 9.50 Å². The number of halogens is 1. The molecule has 0 atom stereocenters. The SMILES string of the molecule is Oc1cc(N=Nc2cccc(F)c2)c2ccccc2c1. The molecule has 0 heterocycles. The van der Waals surface area contributed by atoms with Crippen LogP contribution in [0.15, 0.2) is 70.9 Å². The zero-order valence-corrected chi connectivity index (χ0v) is 10.5. The second-order valence-electron chi connectivity index (χ2n) is 4.37. The maximum absolute atomic E-state index is 13.1. The highest BCUT2D eigenvalue weighted by molar-refractivity contribution is 5.93. The first-order valence-corrected chi connectivity index (χ1v) is 6.11. The lowest BCUT2D eigenvalue weighted by Gasteiger charge is -2.02. The molecule has 0 fully saturated rings. The van der Waals surface area contributed by atoms with Gasteiger partial charge >= 0.3 is 0 Å². The van der Waals surface area contributed by atoms with Crippen LogP contribution >= 0.6 is 0 Å². The Morgan fingerprint density at radius 2 is 1.70 bits per heavy atom. The van der Waals surface area contributed by atoms with E-state index in [1.165, 1.54) is 18.2 Å². The number of benzene rings is 3. The van der Waals surface area contributed by atoms with Crippen LogP contribution in [0, 0.1) is 5.82 Å². The number of phenolic OH excluding ortho intramolecular Hbond substituents is 1. The van der Waals surface area contributed by atoms with E-state index >= 15 is 0 Å². The van der Waals surface area contributed by atoms with E-state index < -0.39 is 0 Å². The van der Waals surface area contributed by atoms with Crippen LogP contribution in [0.3, 0.4) is 0 Å². The molecule has 0 aliphatic carbocycles. The molecule has 0 radical (unpaired) electrons. The molecule has 3 nitrogen and oxygen atoms in total. The molecule has 0 amide bonds. The van der Waals surface area contributed by atoms with E-state index in [4.69, 9.17) is 0 Å². The Kier molecular flexibility index (Phi) is 3.13. The number of hydrogen-bond acceptors (Lipinski definition) is 3. The van der Waals surface area contributed by atoms with E-state index in [0.717, 1.165) is 10.8 Å². The maximum atomic E-state index is 13.1. The number of hydrogen-bond donors (Lipinski definition) is 1. The molecular weight excluding hydrogens is 255 g/mol. The van der Waals surface area contributed by atoms with Crippen molar-refractivity contribution >= 4 is 22.1 Å². The smallest absolute Gasteiger partial charge is 0.125 e. The Hall–Kier alpha value is -2.75. The third kappa shape index (κ3) is 2.49. The summed E-state index contributed by atoms with van der Waals surface area (Å²) in [6, 6.07) is 16.6. The highest BCUT2D eigenvalue weighted by Gasteiger charge is 2.02. The number of rotatable bonds is 2. The van der Waals surface area contributed by atoms with Gasteiger partial charge in [-0.3, -0.25) is 0 Å². The fourth-order valence-electron chi connectivity index (χ4n) is 2.01. The van der Waals surface area contributed by atoms with Gasteiger partial charge in [-0.05, 0) is 23.6 Å². The van der Waals surface area contributed by atoms with Crippen LogP contribution in [0.25, 0.3) is 10.8 Å². The minimum absolute atomic E-state index is 0.122. The molecule has 3 rings (SSSR count). The summed E-state index contributed by atoms with van der Waals surface area (Å²) in [4.78, 5) is 0. The van der Waals surface area contributed by atoms with Crippen molar-refractivity contribution in [1.82, 2.24) is 0 Å². The van der Waals surface area contributed by atoms with Crippen LogP contribution in [0.5, 0.6) is 5.75 Å². The average Bonchev–Trinajstić information content (AvgIpc) is 2.44. The number of aromatic hydroxyl groups is 1. The third-order valence-corrected chi connectivity index (χ3v) is 2.91. The van der Waals surface area contributed by atoms with E-state index in [0.29, 0.717) is 11.4 Å². The van der Waals surface area contributed by atoms with Crippen molar-refractivity contribution in [3.8, 4) is 5.75 Å². The lowest BCUT2D eigenvalue weighted by molar-refractivity contribution is 0.476. The molecule has 20 heavy (non-hydrogen) atoms. The van der Waals surface area contributed by atoms with Gasteiger partial charge in [0.25, 0.3) is 0 Å². The first-order chi connectivity index (χ1) is 9.72. The van der Waals surface area contributed by atoms with E-state index in [-0.39, 0.29) is 11.6 Å². The quantitative estimate of drug-likeness (QED) is 0.644. The lowest BCUT2D eigenvalue weighted by Crippen LogP contribution is -1.74. The molecule has 0 aromatic heterocycles. The van der Waals surface area contributed by atoms with E-state index in [1.54, 1.807) is 18.2 Å². The van der Waals surface area contributed by atoms with Crippen molar-refractivity contribution in [2.45, 2.75) is 0 Å². The zero-order chi connectivity index (χ0) is 13.9. The van der Waals surface area contributed by atoms with Crippen molar-refractivity contribution in [1.29, 1.82) is 0 Å². The Balaban J connectivity index is 2.06. The molecule has 3 aromatic rings. The molecule has 0 bridgehead atoms. The van der Waals surface area contributed by atoms with Crippen molar-refractivity contribution in [2.75, 3.05) is 0 Å². The summed E-state index contributed by atoms with van der Waals surface area (Å²) in [6.45, 7) is 0. The largest absolute Gasteiger partial charge is 0.508 e. The van der Waals surface area contributed by atoms with Gasteiger partial charge in [-0.15, -0.1) is 5.11 Å². The Morgan fingerprint density at radius 3 is 2.55 bits per heavy atom. The summed E-state index contributed by atoms with van der Waals surface area (Å²) in [5.74, 6) is -0.237. The molecule has 0 aliphatic rings.